The van der Waals surface area contributed by atoms with E-state index in [-0.39, 0.29) is 5.60 Å². The van der Waals surface area contributed by atoms with E-state index in [2.05, 4.69) is 119 Å². The number of nitrogens with one attached hydrogen (secondary N) is 1. The van der Waals surface area contributed by atoms with Crippen LogP contribution in [-0.4, -0.2) is 34.4 Å². The number of para-hydroxylation sites is 1. The Morgan fingerprint density at radius 2 is 1.65 bits per heavy atom. The highest BCUT2D eigenvalue weighted by Gasteiger charge is 2.62. The molecule has 1 aliphatic heterocycles. The Labute approximate surface area is 265 Å². The van der Waals surface area contributed by atoms with Gasteiger partial charge < -0.3 is 10.1 Å². The highest BCUT2D eigenvalue weighted by molar-refractivity contribution is 6.82. The maximum atomic E-state index is 6.07. The van der Waals surface area contributed by atoms with Crippen LogP contribution in [0, 0.1) is 23.7 Å². The number of fused-ring (bicyclic) bond motifs is 6. The van der Waals surface area contributed by atoms with Crippen LogP contribution in [0.4, 0.5) is 5.69 Å². The number of rotatable bonds is 11. The van der Waals surface area contributed by atoms with Gasteiger partial charge in [0.05, 0.1) is 13.7 Å². The Balaban J connectivity index is 1.32. The van der Waals surface area contributed by atoms with Gasteiger partial charge in [0.1, 0.15) is 0 Å². The molecule has 4 aliphatic carbocycles. The quantitative estimate of drug-likeness (QED) is 0.152. The molecule has 0 saturated heterocycles. The van der Waals surface area contributed by atoms with Crippen LogP contribution < -0.4 is 5.32 Å². The molecule has 0 amide bonds. The first kappa shape index (κ1) is 31.4. The van der Waals surface area contributed by atoms with Crippen molar-refractivity contribution < 1.29 is 4.74 Å². The lowest BCUT2D eigenvalue weighted by Crippen LogP contribution is -2.45. The van der Waals surface area contributed by atoms with Gasteiger partial charge in [0.2, 0.25) is 0 Å². The zero-order valence-corrected chi connectivity index (χ0v) is 30.2. The van der Waals surface area contributed by atoms with E-state index in [1.807, 2.05) is 5.57 Å². The van der Waals surface area contributed by atoms with Gasteiger partial charge in [-0.15, -0.1) is 0 Å². The summed E-state index contributed by atoms with van der Waals surface area (Å²) in [6, 6.07) is 12.9. The lowest BCUT2D eigenvalue weighted by atomic mass is 9.89. The predicted octanol–water partition coefficient (Wildman–Crippen LogP) is 11.0. The topological polar surface area (TPSA) is 21.3 Å². The van der Waals surface area contributed by atoms with Crippen LogP contribution in [0.3, 0.4) is 0 Å². The molecular weight excluding hydrogens is 555 g/mol. The first-order valence-electron chi connectivity index (χ1n) is 17.7. The molecule has 9 unspecified atom stereocenters. The van der Waals surface area contributed by atoms with Gasteiger partial charge >= 0.3 is 0 Å². The van der Waals surface area contributed by atoms with Crippen LogP contribution in [0.2, 0.25) is 49.4 Å². The number of unbranched alkanes of at least 4 members (excludes halogenated alkanes) is 3. The number of anilines is 1. The third kappa shape index (κ3) is 6.40. The number of hydrogen-bond acceptors (Lipinski definition) is 2. The number of benzene rings is 1. The van der Waals surface area contributed by atoms with Crippen molar-refractivity contribution in [1.29, 1.82) is 0 Å². The molecule has 6 rings (SSSR count). The van der Waals surface area contributed by atoms with Crippen molar-refractivity contribution in [3.05, 3.63) is 77.9 Å². The van der Waals surface area contributed by atoms with Gasteiger partial charge in [-0.25, -0.2) is 0 Å². The van der Waals surface area contributed by atoms with Crippen molar-refractivity contribution in [1.82, 2.24) is 0 Å². The Morgan fingerprint density at radius 3 is 2.42 bits per heavy atom. The van der Waals surface area contributed by atoms with E-state index in [0.717, 1.165) is 30.0 Å². The Morgan fingerprint density at radius 1 is 0.907 bits per heavy atom. The summed E-state index contributed by atoms with van der Waals surface area (Å²) in [4.78, 5) is 0. The zero-order valence-electron chi connectivity index (χ0n) is 28.2. The summed E-state index contributed by atoms with van der Waals surface area (Å²) in [5.74, 6) is 3.49. The lowest BCUT2D eigenvalue weighted by Gasteiger charge is -2.46. The van der Waals surface area contributed by atoms with Crippen molar-refractivity contribution >= 4 is 21.8 Å². The number of ether oxygens (including phenoxy) is 1. The third-order valence-corrected chi connectivity index (χ3v) is 19.3. The molecule has 0 bridgehead atoms. The highest BCUT2D eigenvalue weighted by atomic mass is 28.3. The lowest BCUT2D eigenvalue weighted by molar-refractivity contribution is -0.00471. The molecule has 5 aliphatic rings. The summed E-state index contributed by atoms with van der Waals surface area (Å²) in [7, 11) is -2.97. The summed E-state index contributed by atoms with van der Waals surface area (Å²) in [5, 5.41) is 4.09. The predicted molar refractivity (Wildman–Crippen MR) is 192 cm³/mol. The van der Waals surface area contributed by atoms with E-state index >= 15 is 0 Å². The van der Waals surface area contributed by atoms with Crippen molar-refractivity contribution in [2.75, 3.05) is 11.9 Å². The molecule has 0 spiro atoms. The van der Waals surface area contributed by atoms with E-state index in [1.165, 1.54) is 49.9 Å². The van der Waals surface area contributed by atoms with Gasteiger partial charge in [-0.1, -0.05) is 124 Å². The molecule has 2 saturated carbocycles. The molecule has 2 fully saturated rings. The molecule has 43 heavy (non-hydrogen) atoms. The van der Waals surface area contributed by atoms with E-state index in [0.29, 0.717) is 29.7 Å². The number of allylic oxidation sites excluding steroid dienone is 7. The second kappa shape index (κ2) is 12.3. The van der Waals surface area contributed by atoms with E-state index < -0.39 is 16.1 Å². The molecule has 1 aromatic carbocycles. The van der Waals surface area contributed by atoms with Gasteiger partial charge in [-0.3, -0.25) is 0 Å². The number of hydrogen-bond donors (Lipinski definition) is 1. The van der Waals surface area contributed by atoms with E-state index in [1.54, 1.807) is 5.56 Å². The molecule has 9 atom stereocenters. The van der Waals surface area contributed by atoms with Crippen molar-refractivity contribution in [3.8, 4) is 0 Å². The third-order valence-electron chi connectivity index (χ3n) is 11.7. The maximum Gasteiger partial charge on any atom is 0.0621 e. The van der Waals surface area contributed by atoms with Crippen LogP contribution in [-0.2, 0) is 4.74 Å². The average Bonchev–Trinajstić information content (AvgIpc) is 3.61. The molecule has 234 valence electrons. The van der Waals surface area contributed by atoms with Gasteiger partial charge in [-0.2, -0.15) is 0 Å². The van der Waals surface area contributed by atoms with Crippen molar-refractivity contribution in [2.24, 2.45) is 23.7 Å². The van der Waals surface area contributed by atoms with Crippen molar-refractivity contribution in [3.63, 3.8) is 0 Å². The molecule has 1 heterocycles. The van der Waals surface area contributed by atoms with Crippen LogP contribution >= 0.6 is 0 Å². The average molecular weight is 614 g/mol. The molecule has 0 radical (unpaired) electrons. The molecule has 1 aromatic rings. The summed E-state index contributed by atoms with van der Waals surface area (Å²) in [6.45, 7) is 18.1. The van der Waals surface area contributed by atoms with Gasteiger partial charge in [-0.05, 0) is 74.6 Å². The summed E-state index contributed by atoms with van der Waals surface area (Å²) >= 11 is 0. The van der Waals surface area contributed by atoms with Gasteiger partial charge in [0.25, 0.3) is 0 Å². The Hall–Kier alpha value is -1.63. The summed E-state index contributed by atoms with van der Waals surface area (Å²) in [6.07, 6.45) is 25.6. The Bertz CT molecular complexity index is 1260. The Kier molecular flexibility index (Phi) is 8.96. The minimum absolute atomic E-state index is 0.0256. The largest absolute Gasteiger partial charge is 0.381 e. The normalized spacial score (nSPS) is 33.8. The second-order valence-corrected chi connectivity index (χ2v) is 27.5. The zero-order chi connectivity index (χ0) is 30.4. The van der Waals surface area contributed by atoms with Crippen LogP contribution in [0.1, 0.15) is 70.8 Å². The van der Waals surface area contributed by atoms with Gasteiger partial charge in [0.15, 0.2) is 0 Å². The van der Waals surface area contributed by atoms with Crippen molar-refractivity contribution in [2.45, 2.75) is 126 Å². The summed E-state index contributed by atoms with van der Waals surface area (Å²) in [5.41, 5.74) is 6.50. The second-order valence-electron chi connectivity index (χ2n) is 17.1. The molecule has 4 heteroatoms. The van der Waals surface area contributed by atoms with Crippen LogP contribution in [0.25, 0.3) is 0 Å². The standard InChI is InChI=1S/C39H59NOSi2/c1-39(2,3)41-24-16-8-9-17-25-43(7,35-26-28(27-42(4,5)6)29-18-10-11-19-30(29)35)38-32-21-13-12-20-31(32)37-36(38)33-22-14-15-23-34(33)40-37/h10,12-15,18-23,28-29,31-32,35-38,40H,8-9,11,16-17,24-27H2,1-7H3. The van der Waals surface area contributed by atoms with Crippen LogP contribution in [0.5, 0.6) is 0 Å². The smallest absolute Gasteiger partial charge is 0.0621 e. The van der Waals surface area contributed by atoms with Gasteiger partial charge in [0, 0.05) is 44.2 Å². The monoisotopic (exact) mass is 613 g/mol. The fourth-order valence-corrected chi connectivity index (χ4v) is 18.7. The minimum Gasteiger partial charge on any atom is -0.381 e. The SMILES string of the molecule is CC(C)(C)OCCCCCC[Si](C)(C1CC(C[Si](C)(C)C)C2C=CCC=C21)C1C2C=CC=CC2C2Nc3ccccc3C21. The fraction of sp³-hybridized carbons (Fsp3) is 0.641. The van der Waals surface area contributed by atoms with E-state index in [4.69, 9.17) is 4.74 Å². The first-order chi connectivity index (χ1) is 20.5. The molecule has 1 N–H and O–H groups in total. The van der Waals surface area contributed by atoms with Crippen LogP contribution in [0.15, 0.2) is 72.4 Å². The first-order valence-corrected chi connectivity index (χ1v) is 24.2. The van der Waals surface area contributed by atoms with E-state index in [9.17, 15) is 0 Å². The fourth-order valence-electron chi connectivity index (χ4n) is 10.2. The molecule has 0 aromatic heterocycles. The minimum atomic E-state index is -1.81. The molecule has 2 nitrogen and oxygen atoms in total. The molecular formula is C39H59NOSi2. The summed E-state index contributed by atoms with van der Waals surface area (Å²) < 4.78 is 6.07. The highest BCUT2D eigenvalue weighted by Crippen LogP contribution is 2.67. The maximum absolute atomic E-state index is 6.07.